The fourth-order valence-corrected chi connectivity index (χ4v) is 7.94. The first-order chi connectivity index (χ1) is 27.2. The zero-order chi connectivity index (χ0) is 36.7. The van der Waals surface area contributed by atoms with Crippen LogP contribution in [0.4, 0.5) is 0 Å². The quantitative estimate of drug-likeness (QED) is 0.171. The van der Waals surface area contributed by atoms with Gasteiger partial charge in [-0.15, -0.1) is 0 Å². The molecule has 10 rings (SSSR count). The highest BCUT2D eigenvalue weighted by Crippen LogP contribution is 2.38. The molecule has 0 radical (unpaired) electrons. The average molecular weight is 705 g/mol. The summed E-state index contributed by atoms with van der Waals surface area (Å²) in [7, 11) is 0. The van der Waals surface area contributed by atoms with Crippen molar-refractivity contribution in [3.63, 3.8) is 0 Å². The molecule has 0 atom stereocenters. The molecule has 1 aliphatic heterocycles. The highest BCUT2D eigenvalue weighted by atomic mass is 15.0. The number of aromatic nitrogens is 2. The third-order valence-electron chi connectivity index (χ3n) is 10.5. The van der Waals surface area contributed by atoms with Gasteiger partial charge in [0, 0.05) is 44.9 Å². The second-order valence-electron chi connectivity index (χ2n) is 13.9. The van der Waals surface area contributed by atoms with Gasteiger partial charge < -0.3 is 9.13 Å². The summed E-state index contributed by atoms with van der Waals surface area (Å²) in [4.78, 5) is 10.00. The number of nitrogens with zero attached hydrogens (tertiary/aromatic N) is 4. The molecule has 7 aromatic carbocycles. The minimum absolute atomic E-state index is 0.645. The second-order valence-corrected chi connectivity index (χ2v) is 13.9. The lowest BCUT2D eigenvalue weighted by Crippen LogP contribution is -2.07. The first-order valence-corrected chi connectivity index (χ1v) is 18.7. The molecule has 0 saturated carbocycles. The van der Waals surface area contributed by atoms with E-state index in [0.29, 0.717) is 18.0 Å². The summed E-state index contributed by atoms with van der Waals surface area (Å²) in [6.07, 6.45) is 8.75. The Kier molecular flexibility index (Phi) is 8.00. The Balaban J connectivity index is 1.06. The highest BCUT2D eigenvalue weighted by Gasteiger charge is 2.17. The van der Waals surface area contributed by atoms with Crippen molar-refractivity contribution < 1.29 is 0 Å². The number of hydrogen-bond donors (Lipinski definition) is 0. The van der Waals surface area contributed by atoms with E-state index in [2.05, 4.69) is 173 Å². The van der Waals surface area contributed by atoms with Crippen LogP contribution in [0, 0.1) is 0 Å². The molecule has 0 amide bonds. The molecular weight excluding hydrogens is 669 g/mol. The van der Waals surface area contributed by atoms with Crippen molar-refractivity contribution in [2.45, 2.75) is 6.42 Å². The van der Waals surface area contributed by atoms with E-state index in [4.69, 9.17) is 9.98 Å². The van der Waals surface area contributed by atoms with E-state index >= 15 is 0 Å². The van der Waals surface area contributed by atoms with Crippen molar-refractivity contribution in [2.24, 2.45) is 9.98 Å². The SMILES string of the molecule is C=C1/C=C\C=C/CC(c2ccccc2)=NC(c2ccc(-n3c4ccccc4c4cc(-c5ccc6c(c5)c5ccccc5n6-c5ccccc5)ccc43)cc2)=N1. The summed E-state index contributed by atoms with van der Waals surface area (Å²) in [6.45, 7) is 4.18. The smallest absolute Gasteiger partial charge is 0.160 e. The van der Waals surface area contributed by atoms with Gasteiger partial charge in [-0.05, 0) is 95.6 Å². The Labute approximate surface area is 319 Å². The van der Waals surface area contributed by atoms with E-state index in [1.165, 1.54) is 43.7 Å². The minimum atomic E-state index is 0.645. The molecule has 260 valence electrons. The molecule has 0 bridgehead atoms. The van der Waals surface area contributed by atoms with Crippen LogP contribution in [0.1, 0.15) is 17.5 Å². The predicted octanol–water partition coefficient (Wildman–Crippen LogP) is 12.8. The number of benzene rings is 7. The highest BCUT2D eigenvalue weighted by molar-refractivity contribution is 6.14. The van der Waals surface area contributed by atoms with E-state index in [1.54, 1.807) is 0 Å². The topological polar surface area (TPSA) is 34.6 Å². The fraction of sp³-hybridized carbons (Fsp3) is 0.0196. The number of allylic oxidation sites excluding steroid dienone is 4. The molecule has 0 aliphatic carbocycles. The van der Waals surface area contributed by atoms with E-state index in [-0.39, 0.29) is 0 Å². The maximum atomic E-state index is 5.12. The Morgan fingerprint density at radius 2 is 0.927 bits per heavy atom. The minimum Gasteiger partial charge on any atom is -0.309 e. The largest absolute Gasteiger partial charge is 0.309 e. The molecule has 4 heteroatoms. The third-order valence-corrected chi connectivity index (χ3v) is 10.5. The molecule has 0 spiro atoms. The molecule has 9 aromatic rings. The average Bonchev–Trinajstić information content (AvgIpc) is 3.76. The van der Waals surface area contributed by atoms with Gasteiger partial charge in [-0.2, -0.15) is 0 Å². The van der Waals surface area contributed by atoms with Crippen LogP contribution in [0.3, 0.4) is 0 Å². The summed E-state index contributed by atoms with van der Waals surface area (Å²) in [5.74, 6) is 0.645. The van der Waals surface area contributed by atoms with Crippen LogP contribution in [0.5, 0.6) is 0 Å². The second kappa shape index (κ2) is 13.6. The Morgan fingerprint density at radius 3 is 1.55 bits per heavy atom. The van der Waals surface area contributed by atoms with E-state index in [1.807, 2.05) is 36.4 Å². The van der Waals surface area contributed by atoms with Crippen LogP contribution in [0.25, 0.3) is 66.1 Å². The van der Waals surface area contributed by atoms with E-state index in [9.17, 15) is 0 Å². The normalized spacial score (nSPS) is 14.7. The zero-order valence-corrected chi connectivity index (χ0v) is 30.2. The first-order valence-electron chi connectivity index (χ1n) is 18.7. The van der Waals surface area contributed by atoms with Crippen LogP contribution >= 0.6 is 0 Å². The molecular formula is C51H36N4. The van der Waals surface area contributed by atoms with Gasteiger partial charge in [-0.3, -0.25) is 0 Å². The lowest BCUT2D eigenvalue weighted by atomic mass is 10.0. The number of aliphatic imine (C=N–C) groups is 2. The van der Waals surface area contributed by atoms with Gasteiger partial charge in [0.2, 0.25) is 0 Å². The lowest BCUT2D eigenvalue weighted by Gasteiger charge is -2.11. The number of rotatable bonds is 5. The number of amidine groups is 1. The fourth-order valence-electron chi connectivity index (χ4n) is 7.94. The van der Waals surface area contributed by atoms with Gasteiger partial charge in [0.15, 0.2) is 5.84 Å². The van der Waals surface area contributed by atoms with E-state index in [0.717, 1.165) is 39.2 Å². The molecule has 2 aromatic heterocycles. The summed E-state index contributed by atoms with van der Waals surface area (Å²) < 4.78 is 4.72. The molecule has 4 nitrogen and oxygen atoms in total. The van der Waals surface area contributed by atoms with Crippen LogP contribution in [0.2, 0.25) is 0 Å². The van der Waals surface area contributed by atoms with Gasteiger partial charge >= 0.3 is 0 Å². The molecule has 0 N–H and O–H groups in total. The maximum absolute atomic E-state index is 5.12. The van der Waals surface area contributed by atoms with Crippen molar-refractivity contribution in [3.05, 3.63) is 218 Å². The molecule has 0 unspecified atom stereocenters. The van der Waals surface area contributed by atoms with Crippen LogP contribution in [0.15, 0.2) is 216 Å². The molecule has 0 saturated heterocycles. The first kappa shape index (κ1) is 32.4. The van der Waals surface area contributed by atoms with Gasteiger partial charge in [0.1, 0.15) is 0 Å². The van der Waals surface area contributed by atoms with Crippen molar-refractivity contribution in [2.75, 3.05) is 0 Å². The van der Waals surface area contributed by atoms with Crippen molar-refractivity contribution in [3.8, 4) is 22.5 Å². The Hall–Kier alpha value is -7.30. The van der Waals surface area contributed by atoms with Gasteiger partial charge in [-0.25, -0.2) is 9.98 Å². The van der Waals surface area contributed by atoms with Crippen molar-refractivity contribution in [1.29, 1.82) is 0 Å². The molecule has 3 heterocycles. The standard InChI is InChI=1S/C51H36N4/c1-35-15-5-2-10-22-46(36-16-6-3-7-17-36)53-51(52-35)37-25-29-41(30-26-37)55-48-24-14-12-21-43(48)45-34-39(28-32-50(45)55)38-27-31-49-44(33-38)42-20-11-13-23-47(42)54(49)40-18-8-4-9-19-40/h2-21,23-34H,1,22H2/b10-2-,15-5-,52-51?,53-46?. The van der Waals surface area contributed by atoms with Crippen LogP contribution in [-0.2, 0) is 0 Å². The predicted molar refractivity (Wildman–Crippen MR) is 232 cm³/mol. The van der Waals surface area contributed by atoms with Crippen molar-refractivity contribution in [1.82, 2.24) is 9.13 Å². The lowest BCUT2D eigenvalue weighted by molar-refractivity contribution is 1.18. The van der Waals surface area contributed by atoms with Gasteiger partial charge in [-0.1, -0.05) is 122 Å². The maximum Gasteiger partial charge on any atom is 0.160 e. The molecule has 55 heavy (non-hydrogen) atoms. The summed E-state index contributed by atoms with van der Waals surface area (Å²) in [5, 5.41) is 4.93. The molecule has 1 aliphatic rings. The number of hydrogen-bond acceptors (Lipinski definition) is 2. The van der Waals surface area contributed by atoms with Gasteiger partial charge in [0.25, 0.3) is 0 Å². The summed E-state index contributed by atoms with van der Waals surface area (Å²) in [6, 6.07) is 60.6. The summed E-state index contributed by atoms with van der Waals surface area (Å²) in [5.41, 5.74) is 13.0. The monoisotopic (exact) mass is 704 g/mol. The third kappa shape index (κ3) is 5.81. The van der Waals surface area contributed by atoms with Gasteiger partial charge in [0.05, 0.1) is 33.5 Å². The summed E-state index contributed by atoms with van der Waals surface area (Å²) >= 11 is 0. The number of fused-ring (bicyclic) bond motifs is 6. The Morgan fingerprint density at radius 1 is 0.418 bits per heavy atom. The van der Waals surface area contributed by atoms with Crippen LogP contribution < -0.4 is 0 Å². The number of para-hydroxylation sites is 3. The van der Waals surface area contributed by atoms with E-state index < -0.39 is 0 Å². The van der Waals surface area contributed by atoms with Crippen LogP contribution in [-0.4, -0.2) is 20.7 Å². The molecule has 0 fully saturated rings. The zero-order valence-electron chi connectivity index (χ0n) is 30.2. The van der Waals surface area contributed by atoms with Crippen molar-refractivity contribution >= 4 is 55.2 Å². The Bertz CT molecular complexity index is 3040.